The first-order valence-corrected chi connectivity index (χ1v) is 7.92. The topological polar surface area (TPSA) is 97.6 Å². The molecule has 2 aromatic rings. The molecule has 0 saturated carbocycles. The molecule has 0 atom stereocenters. The minimum absolute atomic E-state index is 0.419. The van der Waals surface area contributed by atoms with Gasteiger partial charge in [0.2, 0.25) is 0 Å². The lowest BCUT2D eigenvalue weighted by Crippen LogP contribution is -2.20. The average Bonchev–Trinajstić information content (AvgIpc) is 2.70. The summed E-state index contributed by atoms with van der Waals surface area (Å²) in [6.45, 7) is -0.439. The number of nitrogens with zero attached hydrogens (tertiary/aromatic N) is 1. The van der Waals surface area contributed by atoms with Gasteiger partial charge in [-0.3, -0.25) is 4.79 Å². The SMILES string of the molecule is COc1ccc(C=CC(=O)OCC(=O)Nc2cccc(C#N)c2)cc1OC. The highest BCUT2D eigenvalue weighted by Crippen LogP contribution is 2.27. The van der Waals surface area contributed by atoms with Crippen molar-refractivity contribution in [3.05, 3.63) is 59.7 Å². The van der Waals surface area contributed by atoms with E-state index in [0.717, 1.165) is 0 Å². The second kappa shape index (κ2) is 9.63. The number of amides is 1. The zero-order valence-electron chi connectivity index (χ0n) is 14.9. The zero-order chi connectivity index (χ0) is 19.6. The van der Waals surface area contributed by atoms with Crippen LogP contribution in [-0.2, 0) is 14.3 Å². The van der Waals surface area contributed by atoms with Crippen LogP contribution in [0.4, 0.5) is 5.69 Å². The van der Waals surface area contributed by atoms with E-state index in [2.05, 4.69) is 5.32 Å². The molecule has 7 nitrogen and oxygen atoms in total. The molecule has 2 aromatic carbocycles. The van der Waals surface area contributed by atoms with E-state index in [0.29, 0.717) is 28.3 Å². The van der Waals surface area contributed by atoms with E-state index in [1.165, 1.54) is 26.4 Å². The molecule has 27 heavy (non-hydrogen) atoms. The van der Waals surface area contributed by atoms with Crippen LogP contribution >= 0.6 is 0 Å². The van der Waals surface area contributed by atoms with Crippen LogP contribution in [0.15, 0.2) is 48.5 Å². The van der Waals surface area contributed by atoms with Crippen LogP contribution in [0.2, 0.25) is 0 Å². The number of nitrogens with one attached hydrogen (secondary N) is 1. The van der Waals surface area contributed by atoms with Crippen LogP contribution in [0, 0.1) is 11.3 Å². The van der Waals surface area contributed by atoms with Gasteiger partial charge in [0.15, 0.2) is 18.1 Å². The lowest BCUT2D eigenvalue weighted by atomic mass is 10.2. The third kappa shape index (κ3) is 5.90. The molecule has 1 N–H and O–H groups in total. The zero-order valence-corrected chi connectivity index (χ0v) is 14.9. The van der Waals surface area contributed by atoms with Gasteiger partial charge in [0.05, 0.1) is 25.9 Å². The fraction of sp³-hybridized carbons (Fsp3) is 0.150. The molecule has 0 aliphatic carbocycles. The standard InChI is InChI=1S/C20H18N2O5/c1-25-17-8-6-14(11-18(17)26-2)7-9-20(24)27-13-19(23)22-16-5-3-4-15(10-16)12-21/h3-11H,13H2,1-2H3,(H,22,23). The highest BCUT2D eigenvalue weighted by molar-refractivity contribution is 5.94. The second-order valence-electron chi connectivity index (χ2n) is 5.30. The van der Waals surface area contributed by atoms with E-state index in [4.69, 9.17) is 19.5 Å². The molecule has 0 unspecified atom stereocenters. The molecule has 1 amide bonds. The number of rotatable bonds is 7. The minimum Gasteiger partial charge on any atom is -0.493 e. The Hall–Kier alpha value is -3.79. The maximum absolute atomic E-state index is 11.8. The number of carbonyl (C=O) groups is 2. The molecule has 0 aromatic heterocycles. The van der Waals surface area contributed by atoms with Gasteiger partial charge in [-0.1, -0.05) is 12.1 Å². The monoisotopic (exact) mass is 366 g/mol. The Bertz CT molecular complexity index is 899. The predicted molar refractivity (Wildman–Crippen MR) is 99.3 cm³/mol. The molecule has 7 heteroatoms. The highest BCUT2D eigenvalue weighted by Gasteiger charge is 2.07. The van der Waals surface area contributed by atoms with E-state index in [-0.39, 0.29) is 0 Å². The number of methoxy groups -OCH3 is 2. The molecule has 0 radical (unpaired) electrons. The van der Waals surface area contributed by atoms with Gasteiger partial charge in [-0.15, -0.1) is 0 Å². The largest absolute Gasteiger partial charge is 0.493 e. The molecule has 0 aliphatic rings. The summed E-state index contributed by atoms with van der Waals surface area (Å²) in [5.41, 5.74) is 1.58. The maximum atomic E-state index is 11.8. The number of carbonyl (C=O) groups excluding carboxylic acids is 2. The first kappa shape index (κ1) is 19.5. The number of esters is 1. The number of nitriles is 1. The van der Waals surface area contributed by atoms with Crippen molar-refractivity contribution in [3.8, 4) is 17.6 Å². The molecule has 2 rings (SSSR count). The van der Waals surface area contributed by atoms with Crippen LogP contribution in [0.25, 0.3) is 6.08 Å². The minimum atomic E-state index is -0.661. The van der Waals surface area contributed by atoms with Gasteiger partial charge in [0, 0.05) is 11.8 Å². The van der Waals surface area contributed by atoms with Crippen LogP contribution in [0.1, 0.15) is 11.1 Å². The normalized spacial score (nSPS) is 10.1. The van der Waals surface area contributed by atoms with E-state index in [1.807, 2.05) is 6.07 Å². The maximum Gasteiger partial charge on any atom is 0.331 e. The van der Waals surface area contributed by atoms with Gasteiger partial charge in [0.25, 0.3) is 5.91 Å². The Kier molecular flexibility index (Phi) is 6.97. The Morgan fingerprint density at radius 1 is 1.11 bits per heavy atom. The van der Waals surface area contributed by atoms with Crippen LogP contribution in [-0.4, -0.2) is 32.7 Å². The summed E-state index contributed by atoms with van der Waals surface area (Å²) < 4.78 is 15.2. The smallest absolute Gasteiger partial charge is 0.331 e. The van der Waals surface area contributed by atoms with Crippen LogP contribution in [0.5, 0.6) is 11.5 Å². The Morgan fingerprint density at radius 3 is 2.59 bits per heavy atom. The number of hydrogen-bond donors (Lipinski definition) is 1. The van der Waals surface area contributed by atoms with E-state index in [9.17, 15) is 9.59 Å². The number of benzene rings is 2. The van der Waals surface area contributed by atoms with Gasteiger partial charge in [-0.2, -0.15) is 5.26 Å². The van der Waals surface area contributed by atoms with Gasteiger partial charge in [-0.25, -0.2) is 4.79 Å². The lowest BCUT2D eigenvalue weighted by Gasteiger charge is -2.07. The van der Waals surface area contributed by atoms with E-state index in [1.54, 1.807) is 42.5 Å². The van der Waals surface area contributed by atoms with E-state index < -0.39 is 18.5 Å². The van der Waals surface area contributed by atoms with Crippen molar-refractivity contribution in [2.24, 2.45) is 0 Å². The molecule has 0 spiro atoms. The van der Waals surface area contributed by atoms with Crippen LogP contribution < -0.4 is 14.8 Å². The summed E-state index contributed by atoms with van der Waals surface area (Å²) in [6, 6.07) is 13.6. The van der Waals surface area contributed by atoms with Crippen molar-refractivity contribution < 1.29 is 23.8 Å². The number of anilines is 1. The fourth-order valence-electron chi connectivity index (χ4n) is 2.17. The van der Waals surface area contributed by atoms with Crippen molar-refractivity contribution in [1.29, 1.82) is 5.26 Å². The fourth-order valence-corrected chi connectivity index (χ4v) is 2.17. The van der Waals surface area contributed by atoms with Crippen LogP contribution in [0.3, 0.4) is 0 Å². The highest BCUT2D eigenvalue weighted by atomic mass is 16.5. The first-order valence-electron chi connectivity index (χ1n) is 7.92. The van der Waals surface area contributed by atoms with Crippen molar-refractivity contribution >= 4 is 23.6 Å². The second-order valence-corrected chi connectivity index (χ2v) is 5.30. The predicted octanol–water partition coefficient (Wildman–Crippen LogP) is 2.77. The molecule has 0 bridgehead atoms. The third-order valence-corrected chi connectivity index (χ3v) is 3.44. The summed E-state index contributed by atoms with van der Waals surface area (Å²) in [5, 5.41) is 11.4. The summed E-state index contributed by atoms with van der Waals surface area (Å²) in [6.07, 6.45) is 2.75. The van der Waals surface area contributed by atoms with Crippen molar-refractivity contribution in [1.82, 2.24) is 0 Å². The Labute approximate surface area is 156 Å². The summed E-state index contributed by atoms with van der Waals surface area (Å²) in [4.78, 5) is 23.6. The summed E-state index contributed by atoms with van der Waals surface area (Å²) in [7, 11) is 3.05. The van der Waals surface area contributed by atoms with Crippen molar-refractivity contribution in [2.75, 3.05) is 26.1 Å². The molecule has 0 fully saturated rings. The molecular weight excluding hydrogens is 348 g/mol. The Balaban J connectivity index is 1.87. The molecule has 0 aliphatic heterocycles. The van der Waals surface area contributed by atoms with Gasteiger partial charge < -0.3 is 19.5 Å². The van der Waals surface area contributed by atoms with Crippen molar-refractivity contribution in [3.63, 3.8) is 0 Å². The Morgan fingerprint density at radius 2 is 1.89 bits per heavy atom. The first-order chi connectivity index (χ1) is 13.0. The molecule has 0 saturated heterocycles. The van der Waals surface area contributed by atoms with Gasteiger partial charge in [0.1, 0.15) is 0 Å². The molecule has 0 heterocycles. The third-order valence-electron chi connectivity index (χ3n) is 3.44. The average molecular weight is 366 g/mol. The van der Waals surface area contributed by atoms with Crippen molar-refractivity contribution in [2.45, 2.75) is 0 Å². The number of ether oxygens (including phenoxy) is 3. The lowest BCUT2D eigenvalue weighted by molar-refractivity contribution is -0.142. The van der Waals surface area contributed by atoms with E-state index >= 15 is 0 Å². The quantitative estimate of drug-likeness (QED) is 0.598. The number of hydrogen-bond acceptors (Lipinski definition) is 6. The van der Waals surface area contributed by atoms with Gasteiger partial charge >= 0.3 is 5.97 Å². The molecular formula is C20H18N2O5. The summed E-state index contributed by atoms with van der Waals surface area (Å²) in [5.74, 6) is -0.0509. The molecule has 138 valence electrons. The summed E-state index contributed by atoms with van der Waals surface area (Å²) >= 11 is 0. The van der Waals surface area contributed by atoms with Gasteiger partial charge in [-0.05, 0) is 42.0 Å².